The summed E-state index contributed by atoms with van der Waals surface area (Å²) in [5.74, 6) is -0.403. The van der Waals surface area contributed by atoms with Crippen LogP contribution in [0.1, 0.15) is 11.5 Å². The van der Waals surface area contributed by atoms with E-state index in [1.165, 1.54) is 10.9 Å². The highest BCUT2D eigenvalue weighted by Crippen LogP contribution is 2.24. The summed E-state index contributed by atoms with van der Waals surface area (Å²) in [7, 11) is 0. The number of nitrogens with one attached hydrogen (secondary N) is 1. The van der Waals surface area contributed by atoms with Crippen molar-refractivity contribution < 1.29 is 4.79 Å². The number of fused-ring (bicyclic) bond motifs is 1. The molecule has 0 radical (unpaired) electrons. The molecule has 0 amide bonds. The number of hydrogen-bond acceptors (Lipinski definition) is 3. The van der Waals surface area contributed by atoms with Gasteiger partial charge >= 0.3 is 0 Å². The van der Waals surface area contributed by atoms with Crippen LogP contribution in [0, 0.1) is 5.41 Å². The lowest BCUT2D eigenvalue weighted by atomic mass is 10.0. The van der Waals surface area contributed by atoms with Crippen LogP contribution in [-0.2, 0) is 4.79 Å². The van der Waals surface area contributed by atoms with Crippen molar-refractivity contribution in [1.29, 1.82) is 5.41 Å². The molecule has 1 heterocycles. The average Bonchev–Trinajstić information content (AvgIpc) is 2.66. The van der Waals surface area contributed by atoms with Gasteiger partial charge in [0.25, 0.3) is 0 Å². The van der Waals surface area contributed by atoms with Crippen LogP contribution in [0.3, 0.4) is 0 Å². The van der Waals surface area contributed by atoms with Gasteiger partial charge in [0.2, 0.25) is 0 Å². The van der Waals surface area contributed by atoms with E-state index < -0.39 is 5.92 Å². The molecular formula is C11H9NOS. The smallest absolute Gasteiger partial charge is 0.132 e. The average molecular weight is 203 g/mol. The predicted octanol–water partition coefficient (Wildman–Crippen LogP) is 2.83. The van der Waals surface area contributed by atoms with Crippen molar-refractivity contribution in [2.24, 2.45) is 0 Å². The molecule has 3 heteroatoms. The summed E-state index contributed by atoms with van der Waals surface area (Å²) in [6.07, 6.45) is 1.96. The fourth-order valence-electron chi connectivity index (χ4n) is 1.41. The first-order valence-corrected chi connectivity index (χ1v) is 5.16. The molecule has 1 unspecified atom stereocenters. The molecular weight excluding hydrogens is 194 g/mol. The monoisotopic (exact) mass is 203 g/mol. The molecule has 70 valence electrons. The molecule has 2 nitrogen and oxygen atoms in total. The molecule has 2 rings (SSSR count). The third kappa shape index (κ3) is 1.46. The Morgan fingerprint density at radius 2 is 2.21 bits per heavy atom. The molecule has 0 fully saturated rings. The summed E-state index contributed by atoms with van der Waals surface area (Å²) in [5.41, 5.74) is 0.890. The Bertz CT molecular complexity index is 467. The van der Waals surface area contributed by atoms with E-state index >= 15 is 0 Å². The first-order chi connectivity index (χ1) is 6.85. The van der Waals surface area contributed by atoms with Crippen molar-refractivity contribution in [3.63, 3.8) is 0 Å². The maximum atomic E-state index is 10.7. The van der Waals surface area contributed by atoms with Crippen molar-refractivity contribution in [3.05, 3.63) is 35.2 Å². The fourth-order valence-corrected chi connectivity index (χ4v) is 2.18. The summed E-state index contributed by atoms with van der Waals surface area (Å²) in [5, 5.41) is 10.3. The Morgan fingerprint density at radius 3 is 2.93 bits per heavy atom. The van der Waals surface area contributed by atoms with Gasteiger partial charge < -0.3 is 10.2 Å². The van der Waals surface area contributed by atoms with Gasteiger partial charge in [-0.3, -0.25) is 0 Å². The lowest BCUT2D eigenvalue weighted by Crippen LogP contribution is -1.99. The largest absolute Gasteiger partial charge is 0.312 e. The minimum atomic E-state index is -0.403. The number of aldehydes is 1. The molecule has 1 atom stereocenters. The normalized spacial score (nSPS) is 12.6. The van der Waals surface area contributed by atoms with Gasteiger partial charge in [0, 0.05) is 10.9 Å². The first-order valence-electron chi connectivity index (χ1n) is 4.28. The molecule has 1 aromatic heterocycles. The van der Waals surface area contributed by atoms with Gasteiger partial charge in [-0.05, 0) is 34.5 Å². The lowest BCUT2D eigenvalue weighted by Gasteiger charge is -2.03. The number of benzene rings is 1. The molecule has 0 aliphatic carbocycles. The highest BCUT2D eigenvalue weighted by Gasteiger charge is 2.07. The third-order valence-electron chi connectivity index (χ3n) is 2.19. The van der Waals surface area contributed by atoms with Gasteiger partial charge in [0.1, 0.15) is 6.29 Å². The number of thiophene rings is 1. The fraction of sp³-hybridized carbons (Fsp3) is 0.0909. The van der Waals surface area contributed by atoms with Crippen molar-refractivity contribution >= 4 is 33.9 Å². The highest BCUT2D eigenvalue weighted by molar-refractivity contribution is 7.17. The van der Waals surface area contributed by atoms with Gasteiger partial charge in [0.05, 0.1) is 5.92 Å². The van der Waals surface area contributed by atoms with Crippen LogP contribution in [0.5, 0.6) is 0 Å². The van der Waals surface area contributed by atoms with E-state index in [4.69, 9.17) is 5.41 Å². The Kier molecular flexibility index (Phi) is 2.41. The maximum absolute atomic E-state index is 10.7. The highest BCUT2D eigenvalue weighted by atomic mass is 32.1. The number of hydrogen-bond donors (Lipinski definition) is 1. The van der Waals surface area contributed by atoms with E-state index in [1.807, 2.05) is 29.6 Å². The van der Waals surface area contributed by atoms with Crippen LogP contribution in [-0.4, -0.2) is 12.5 Å². The Hall–Kier alpha value is -1.48. The minimum absolute atomic E-state index is 0.403. The third-order valence-corrected chi connectivity index (χ3v) is 3.09. The van der Waals surface area contributed by atoms with Crippen LogP contribution in [0.25, 0.3) is 10.1 Å². The number of rotatable bonds is 3. The number of carbonyl (C=O) groups is 1. The van der Waals surface area contributed by atoms with Crippen LogP contribution in [0.15, 0.2) is 29.6 Å². The maximum Gasteiger partial charge on any atom is 0.132 e. The molecule has 0 saturated heterocycles. The second-order valence-electron chi connectivity index (χ2n) is 3.05. The van der Waals surface area contributed by atoms with Crippen molar-refractivity contribution in [1.82, 2.24) is 0 Å². The van der Waals surface area contributed by atoms with E-state index in [-0.39, 0.29) is 0 Å². The number of carbonyl (C=O) groups excluding carboxylic acids is 1. The summed E-state index contributed by atoms with van der Waals surface area (Å²) < 4.78 is 1.21. The standard InChI is InChI=1S/C11H9NOS/c12-6-10(7-13)8-1-2-11-9(5-8)3-4-14-11/h1-7,10,12H. The lowest BCUT2D eigenvalue weighted by molar-refractivity contribution is -0.107. The molecule has 2 aromatic rings. The van der Waals surface area contributed by atoms with Gasteiger partial charge in [-0.1, -0.05) is 6.07 Å². The topological polar surface area (TPSA) is 40.9 Å². The van der Waals surface area contributed by atoms with E-state index in [2.05, 4.69) is 0 Å². The van der Waals surface area contributed by atoms with Crippen LogP contribution in [0.4, 0.5) is 0 Å². The summed E-state index contributed by atoms with van der Waals surface area (Å²) in [4.78, 5) is 10.7. The van der Waals surface area contributed by atoms with Crippen LogP contribution >= 0.6 is 11.3 Å². The Balaban J connectivity index is 2.52. The van der Waals surface area contributed by atoms with Crippen molar-refractivity contribution in [2.75, 3.05) is 0 Å². The quantitative estimate of drug-likeness (QED) is 0.604. The Morgan fingerprint density at radius 1 is 1.36 bits per heavy atom. The van der Waals surface area contributed by atoms with Gasteiger partial charge in [-0.25, -0.2) is 0 Å². The molecule has 0 spiro atoms. The molecule has 14 heavy (non-hydrogen) atoms. The second kappa shape index (κ2) is 3.72. The molecule has 0 saturated carbocycles. The summed E-state index contributed by atoms with van der Waals surface area (Å²) in [6, 6.07) is 7.89. The van der Waals surface area contributed by atoms with Crippen molar-refractivity contribution in [2.45, 2.75) is 5.92 Å². The summed E-state index contributed by atoms with van der Waals surface area (Å²) in [6.45, 7) is 0. The Labute approximate surface area is 85.7 Å². The first kappa shape index (κ1) is 9.09. The van der Waals surface area contributed by atoms with Crippen molar-refractivity contribution in [3.8, 4) is 0 Å². The summed E-state index contributed by atoms with van der Waals surface area (Å²) >= 11 is 1.68. The SMILES string of the molecule is N=CC(C=O)c1ccc2sccc2c1. The zero-order chi connectivity index (χ0) is 9.97. The second-order valence-corrected chi connectivity index (χ2v) is 3.99. The zero-order valence-corrected chi connectivity index (χ0v) is 8.25. The molecule has 0 aliphatic rings. The van der Waals surface area contributed by atoms with E-state index in [9.17, 15) is 4.79 Å². The van der Waals surface area contributed by atoms with E-state index in [0.29, 0.717) is 0 Å². The van der Waals surface area contributed by atoms with Gasteiger partial charge in [-0.2, -0.15) is 0 Å². The molecule has 0 bridgehead atoms. The predicted molar refractivity (Wildman–Crippen MR) is 59.4 cm³/mol. The molecule has 1 N–H and O–H groups in total. The molecule has 1 aromatic carbocycles. The van der Waals surface area contributed by atoms with Gasteiger partial charge in [-0.15, -0.1) is 11.3 Å². The van der Waals surface area contributed by atoms with Crippen LogP contribution < -0.4 is 0 Å². The zero-order valence-electron chi connectivity index (χ0n) is 7.44. The molecule has 0 aliphatic heterocycles. The van der Waals surface area contributed by atoms with Gasteiger partial charge in [0.15, 0.2) is 0 Å². The minimum Gasteiger partial charge on any atom is -0.312 e. The van der Waals surface area contributed by atoms with Crippen LogP contribution in [0.2, 0.25) is 0 Å². The van der Waals surface area contributed by atoms with E-state index in [0.717, 1.165) is 17.2 Å². The van der Waals surface area contributed by atoms with E-state index in [1.54, 1.807) is 11.3 Å².